The van der Waals surface area contributed by atoms with Gasteiger partial charge in [0.05, 0.1) is 19.1 Å². The zero-order valence-corrected chi connectivity index (χ0v) is 13.8. The maximum Gasteiger partial charge on any atom is 0.171 e. The van der Waals surface area contributed by atoms with E-state index in [1.807, 2.05) is 55.5 Å². The molecule has 0 atom stereocenters. The van der Waals surface area contributed by atoms with Gasteiger partial charge in [-0.05, 0) is 42.9 Å². The first-order valence-electron chi connectivity index (χ1n) is 7.44. The summed E-state index contributed by atoms with van der Waals surface area (Å²) in [5.74, 6) is 0.867. The van der Waals surface area contributed by atoms with E-state index in [0.29, 0.717) is 24.7 Å². The number of thiocarbonyl (C=S) groups is 1. The summed E-state index contributed by atoms with van der Waals surface area (Å²) >= 11 is 5.31. The Morgan fingerprint density at radius 1 is 1.17 bits per heavy atom. The standard InChI is InChI=1S/C18H19N3OS/c1-2-22-17-6-4-3-5-15(17)13-20-18(23)21-16-9-7-14(8-10-16)11-12-19/h3-10H,2,11,13H2,1H3,(H2,20,21,23). The van der Waals surface area contributed by atoms with Crippen LogP contribution in [0.4, 0.5) is 5.69 Å². The second-order valence-corrected chi connectivity index (χ2v) is 5.29. The van der Waals surface area contributed by atoms with Crippen molar-refractivity contribution in [2.24, 2.45) is 0 Å². The molecular formula is C18H19N3OS. The highest BCUT2D eigenvalue weighted by molar-refractivity contribution is 7.80. The highest BCUT2D eigenvalue weighted by Crippen LogP contribution is 2.17. The monoisotopic (exact) mass is 325 g/mol. The number of hydrogen-bond donors (Lipinski definition) is 2. The molecule has 0 radical (unpaired) electrons. The van der Waals surface area contributed by atoms with E-state index in [2.05, 4.69) is 16.7 Å². The van der Waals surface area contributed by atoms with Crippen LogP contribution in [0, 0.1) is 11.3 Å². The predicted molar refractivity (Wildman–Crippen MR) is 96.4 cm³/mol. The molecule has 2 rings (SSSR count). The Labute approximate surface area is 142 Å². The first-order chi connectivity index (χ1) is 11.2. The zero-order valence-electron chi connectivity index (χ0n) is 13.0. The van der Waals surface area contributed by atoms with Gasteiger partial charge in [0.25, 0.3) is 0 Å². The highest BCUT2D eigenvalue weighted by atomic mass is 32.1. The Balaban J connectivity index is 1.89. The van der Waals surface area contributed by atoms with Gasteiger partial charge in [0.15, 0.2) is 5.11 Å². The van der Waals surface area contributed by atoms with Crippen LogP contribution in [0.3, 0.4) is 0 Å². The molecule has 0 saturated carbocycles. The van der Waals surface area contributed by atoms with Crippen LogP contribution in [0.2, 0.25) is 0 Å². The molecule has 0 heterocycles. The molecule has 2 aromatic rings. The van der Waals surface area contributed by atoms with Crippen molar-refractivity contribution in [1.29, 1.82) is 5.26 Å². The van der Waals surface area contributed by atoms with Crippen molar-refractivity contribution >= 4 is 23.0 Å². The van der Waals surface area contributed by atoms with Crippen LogP contribution < -0.4 is 15.4 Å². The number of ether oxygens (including phenoxy) is 1. The summed E-state index contributed by atoms with van der Waals surface area (Å²) in [6.45, 7) is 3.19. The average Bonchev–Trinajstić information content (AvgIpc) is 2.56. The maximum atomic E-state index is 8.67. The molecule has 0 unspecified atom stereocenters. The summed E-state index contributed by atoms with van der Waals surface area (Å²) < 4.78 is 5.59. The van der Waals surface area contributed by atoms with E-state index in [4.69, 9.17) is 22.2 Å². The second kappa shape index (κ2) is 8.76. The van der Waals surface area contributed by atoms with E-state index in [1.165, 1.54) is 0 Å². The summed E-state index contributed by atoms with van der Waals surface area (Å²) in [7, 11) is 0. The summed E-state index contributed by atoms with van der Waals surface area (Å²) in [4.78, 5) is 0. The van der Waals surface area contributed by atoms with Crippen LogP contribution in [0.5, 0.6) is 5.75 Å². The van der Waals surface area contributed by atoms with Crippen LogP contribution in [0.15, 0.2) is 48.5 Å². The van der Waals surface area contributed by atoms with Gasteiger partial charge in [-0.25, -0.2) is 0 Å². The van der Waals surface area contributed by atoms with Crippen molar-refractivity contribution in [2.75, 3.05) is 11.9 Å². The van der Waals surface area contributed by atoms with Crippen molar-refractivity contribution in [2.45, 2.75) is 19.9 Å². The fourth-order valence-electron chi connectivity index (χ4n) is 2.09. The van der Waals surface area contributed by atoms with E-state index < -0.39 is 0 Å². The van der Waals surface area contributed by atoms with Gasteiger partial charge in [0.1, 0.15) is 5.75 Å². The second-order valence-electron chi connectivity index (χ2n) is 4.88. The molecular weight excluding hydrogens is 306 g/mol. The van der Waals surface area contributed by atoms with Gasteiger partial charge in [0, 0.05) is 17.8 Å². The van der Waals surface area contributed by atoms with Crippen LogP contribution in [-0.2, 0) is 13.0 Å². The normalized spacial score (nSPS) is 9.74. The highest BCUT2D eigenvalue weighted by Gasteiger charge is 2.03. The van der Waals surface area contributed by atoms with E-state index in [1.54, 1.807) is 0 Å². The van der Waals surface area contributed by atoms with E-state index in [0.717, 1.165) is 22.6 Å². The van der Waals surface area contributed by atoms with Gasteiger partial charge in [-0.2, -0.15) is 5.26 Å². The molecule has 0 saturated heterocycles. The fraction of sp³-hybridized carbons (Fsp3) is 0.222. The fourth-order valence-corrected chi connectivity index (χ4v) is 2.28. The molecule has 4 nitrogen and oxygen atoms in total. The number of anilines is 1. The molecule has 0 fully saturated rings. The van der Waals surface area contributed by atoms with Crippen LogP contribution >= 0.6 is 12.2 Å². The van der Waals surface area contributed by atoms with Crippen molar-refractivity contribution in [3.63, 3.8) is 0 Å². The van der Waals surface area contributed by atoms with Crippen molar-refractivity contribution in [1.82, 2.24) is 5.32 Å². The van der Waals surface area contributed by atoms with E-state index in [9.17, 15) is 0 Å². The Hall–Kier alpha value is -2.58. The lowest BCUT2D eigenvalue weighted by Crippen LogP contribution is -2.28. The first-order valence-corrected chi connectivity index (χ1v) is 7.85. The largest absolute Gasteiger partial charge is 0.494 e. The van der Waals surface area contributed by atoms with Gasteiger partial charge in [-0.15, -0.1) is 0 Å². The Kier molecular flexibility index (Phi) is 6.40. The van der Waals surface area contributed by atoms with Gasteiger partial charge >= 0.3 is 0 Å². The molecule has 0 amide bonds. The molecule has 0 aliphatic rings. The van der Waals surface area contributed by atoms with Crippen LogP contribution in [-0.4, -0.2) is 11.7 Å². The third-order valence-corrected chi connectivity index (χ3v) is 3.45. The molecule has 0 aliphatic heterocycles. The summed E-state index contributed by atoms with van der Waals surface area (Å²) in [5.41, 5.74) is 2.94. The number of hydrogen-bond acceptors (Lipinski definition) is 3. The zero-order chi connectivity index (χ0) is 16.5. The van der Waals surface area contributed by atoms with Crippen molar-refractivity contribution in [3.8, 4) is 11.8 Å². The van der Waals surface area contributed by atoms with Gasteiger partial charge < -0.3 is 15.4 Å². The number of benzene rings is 2. The molecule has 5 heteroatoms. The van der Waals surface area contributed by atoms with Crippen LogP contribution in [0.25, 0.3) is 0 Å². The number of rotatable bonds is 6. The Morgan fingerprint density at radius 2 is 1.91 bits per heavy atom. The average molecular weight is 325 g/mol. The Morgan fingerprint density at radius 3 is 2.61 bits per heavy atom. The number of nitriles is 1. The lowest BCUT2D eigenvalue weighted by atomic mass is 10.1. The van der Waals surface area contributed by atoms with E-state index in [-0.39, 0.29) is 0 Å². The molecule has 0 spiro atoms. The van der Waals surface area contributed by atoms with Crippen molar-refractivity contribution in [3.05, 3.63) is 59.7 Å². The molecule has 2 aromatic carbocycles. The predicted octanol–water partition coefficient (Wildman–Crippen LogP) is 3.64. The molecule has 0 aliphatic carbocycles. The quantitative estimate of drug-likeness (QED) is 0.794. The molecule has 23 heavy (non-hydrogen) atoms. The lowest BCUT2D eigenvalue weighted by Gasteiger charge is -2.13. The first kappa shape index (κ1) is 16.8. The molecule has 2 N–H and O–H groups in total. The SMILES string of the molecule is CCOc1ccccc1CNC(=S)Nc1ccc(CC#N)cc1. The third-order valence-electron chi connectivity index (χ3n) is 3.21. The third kappa shape index (κ3) is 5.28. The number of para-hydroxylation sites is 1. The maximum absolute atomic E-state index is 8.67. The van der Waals surface area contributed by atoms with Crippen molar-refractivity contribution < 1.29 is 4.74 Å². The van der Waals surface area contributed by atoms with E-state index >= 15 is 0 Å². The minimum absolute atomic E-state index is 0.414. The summed E-state index contributed by atoms with van der Waals surface area (Å²) in [6.07, 6.45) is 0.414. The molecule has 0 bridgehead atoms. The number of nitrogens with one attached hydrogen (secondary N) is 2. The topological polar surface area (TPSA) is 57.1 Å². The summed E-state index contributed by atoms with van der Waals surface area (Å²) in [6, 6.07) is 17.7. The Bertz CT molecular complexity index is 692. The smallest absolute Gasteiger partial charge is 0.171 e. The number of nitrogens with zero attached hydrogens (tertiary/aromatic N) is 1. The molecule has 0 aromatic heterocycles. The lowest BCUT2D eigenvalue weighted by molar-refractivity contribution is 0.336. The molecule has 118 valence electrons. The van der Waals surface area contributed by atoms with Gasteiger partial charge in [0.2, 0.25) is 0 Å². The minimum Gasteiger partial charge on any atom is -0.494 e. The van der Waals surface area contributed by atoms with Gasteiger partial charge in [-0.1, -0.05) is 30.3 Å². The van der Waals surface area contributed by atoms with Crippen LogP contribution in [0.1, 0.15) is 18.1 Å². The van der Waals surface area contributed by atoms with Gasteiger partial charge in [-0.3, -0.25) is 0 Å². The minimum atomic E-state index is 0.414. The summed E-state index contributed by atoms with van der Waals surface area (Å²) in [5, 5.41) is 15.5.